The van der Waals surface area contributed by atoms with Crippen LogP contribution in [-0.2, 0) is 4.74 Å². The van der Waals surface area contributed by atoms with Crippen LogP contribution in [0, 0.1) is 13.8 Å². The number of aryl methyl sites for hydroxylation is 2. The van der Waals surface area contributed by atoms with Gasteiger partial charge in [0.25, 0.3) is 5.91 Å². The van der Waals surface area contributed by atoms with Gasteiger partial charge in [-0.2, -0.15) is 0 Å². The molecule has 5 nitrogen and oxygen atoms in total. The van der Waals surface area contributed by atoms with Crippen molar-refractivity contribution < 1.29 is 9.53 Å². The number of carbonyl (C=O) groups is 1. The number of anilines is 1. The number of aromatic nitrogens is 1. The molecule has 0 saturated carbocycles. The highest BCUT2D eigenvalue weighted by Gasteiger charge is 2.23. The number of nitrogens with zero attached hydrogens (tertiary/aromatic N) is 3. The molecule has 0 atom stereocenters. The van der Waals surface area contributed by atoms with E-state index < -0.39 is 0 Å². The lowest BCUT2D eigenvalue weighted by atomic mass is 10.1. The molecule has 1 fully saturated rings. The third-order valence-electron chi connectivity index (χ3n) is 5.42. The monoisotopic (exact) mass is 443 g/mol. The summed E-state index contributed by atoms with van der Waals surface area (Å²) in [6.07, 6.45) is 0.875. The predicted molar refractivity (Wildman–Crippen MR) is 124 cm³/mol. The topological polar surface area (TPSA) is 45.7 Å². The van der Waals surface area contributed by atoms with E-state index in [0.29, 0.717) is 22.3 Å². The number of amides is 1. The molecule has 0 aliphatic carbocycles. The van der Waals surface area contributed by atoms with E-state index in [4.69, 9.17) is 21.3 Å². The summed E-state index contributed by atoms with van der Waals surface area (Å²) < 4.78 is 6.36. The van der Waals surface area contributed by atoms with Crippen molar-refractivity contribution in [1.82, 2.24) is 9.88 Å². The van der Waals surface area contributed by atoms with E-state index >= 15 is 0 Å². The first-order valence-corrected chi connectivity index (χ1v) is 11.5. The quantitative estimate of drug-likeness (QED) is 0.541. The van der Waals surface area contributed by atoms with Crippen molar-refractivity contribution in [3.05, 3.63) is 58.1 Å². The lowest BCUT2D eigenvalue weighted by Gasteiger charge is -2.27. The predicted octanol–water partition coefficient (Wildman–Crippen LogP) is 4.94. The van der Waals surface area contributed by atoms with Gasteiger partial charge in [0.2, 0.25) is 0 Å². The summed E-state index contributed by atoms with van der Waals surface area (Å²) in [5.41, 5.74) is 3.74. The average Bonchev–Trinajstić information content (AvgIpc) is 3.21. The fraction of sp³-hybridized carbons (Fsp3) is 0.391. The van der Waals surface area contributed by atoms with Crippen molar-refractivity contribution in [2.45, 2.75) is 20.3 Å². The van der Waals surface area contributed by atoms with Crippen LogP contribution in [0.3, 0.4) is 0 Å². The molecule has 0 radical (unpaired) electrons. The zero-order valence-electron chi connectivity index (χ0n) is 17.4. The van der Waals surface area contributed by atoms with Gasteiger partial charge in [0, 0.05) is 31.7 Å². The number of hydrogen-bond acceptors (Lipinski definition) is 5. The summed E-state index contributed by atoms with van der Waals surface area (Å²) in [5.74, 6) is -0.0233. The van der Waals surface area contributed by atoms with Crippen LogP contribution in [0.1, 0.15) is 27.9 Å². The largest absolute Gasteiger partial charge is 0.379 e. The molecular formula is C23H26ClN3O2S. The third kappa shape index (κ3) is 4.67. The zero-order chi connectivity index (χ0) is 21.1. The van der Waals surface area contributed by atoms with Crippen LogP contribution in [0.2, 0.25) is 5.02 Å². The van der Waals surface area contributed by atoms with Gasteiger partial charge >= 0.3 is 0 Å². The van der Waals surface area contributed by atoms with Crippen LogP contribution < -0.4 is 4.90 Å². The smallest absolute Gasteiger partial charge is 0.260 e. The second kappa shape index (κ2) is 9.43. The Balaban J connectivity index is 1.60. The molecule has 30 heavy (non-hydrogen) atoms. The number of halogens is 1. The summed E-state index contributed by atoms with van der Waals surface area (Å²) in [7, 11) is 0. The van der Waals surface area contributed by atoms with Crippen LogP contribution in [0.4, 0.5) is 5.13 Å². The number of benzene rings is 2. The van der Waals surface area contributed by atoms with Gasteiger partial charge in [-0.25, -0.2) is 4.98 Å². The van der Waals surface area contributed by atoms with Crippen molar-refractivity contribution >= 4 is 44.2 Å². The van der Waals surface area contributed by atoms with Gasteiger partial charge in [0.1, 0.15) is 0 Å². The molecule has 1 aliphatic heterocycles. The Kier molecular flexibility index (Phi) is 6.68. The number of hydrogen-bond donors (Lipinski definition) is 0. The van der Waals surface area contributed by atoms with E-state index in [0.717, 1.165) is 60.6 Å². The molecule has 0 N–H and O–H groups in total. The molecule has 4 rings (SSSR count). The molecule has 0 bridgehead atoms. The average molecular weight is 444 g/mol. The first-order valence-electron chi connectivity index (χ1n) is 10.3. The Labute approximate surface area is 186 Å². The van der Waals surface area contributed by atoms with E-state index in [9.17, 15) is 4.79 Å². The SMILES string of the molecule is Cc1ccc(C(=O)N(CCCN2CCOCC2)c2nc3c(C)ccc(Cl)c3s2)cc1. The summed E-state index contributed by atoms with van der Waals surface area (Å²) >= 11 is 7.90. The zero-order valence-corrected chi connectivity index (χ0v) is 18.9. The van der Waals surface area contributed by atoms with E-state index in [1.165, 1.54) is 11.3 Å². The lowest BCUT2D eigenvalue weighted by Crippen LogP contribution is -2.39. The number of thiazole rings is 1. The Bertz CT molecular complexity index is 990. The second-order valence-corrected chi connectivity index (χ2v) is 9.05. The molecule has 1 aromatic heterocycles. The molecule has 2 heterocycles. The molecule has 3 aromatic rings. The first-order chi connectivity index (χ1) is 14.5. The Morgan fingerprint density at radius 2 is 1.90 bits per heavy atom. The summed E-state index contributed by atoms with van der Waals surface area (Å²) in [6, 6.07) is 11.6. The highest BCUT2D eigenvalue weighted by atomic mass is 35.5. The maximum atomic E-state index is 13.4. The number of fused-ring (bicyclic) bond motifs is 1. The van der Waals surface area contributed by atoms with Crippen LogP contribution in [0.15, 0.2) is 36.4 Å². The van der Waals surface area contributed by atoms with Gasteiger partial charge < -0.3 is 4.74 Å². The molecule has 0 unspecified atom stereocenters. The summed E-state index contributed by atoms with van der Waals surface area (Å²) in [6.45, 7) is 9.04. The van der Waals surface area contributed by atoms with Gasteiger partial charge in [-0.15, -0.1) is 0 Å². The Hall–Kier alpha value is -1.99. The van der Waals surface area contributed by atoms with E-state index in [-0.39, 0.29) is 5.91 Å². The highest BCUT2D eigenvalue weighted by Crippen LogP contribution is 2.36. The van der Waals surface area contributed by atoms with E-state index in [1.54, 1.807) is 0 Å². The fourth-order valence-electron chi connectivity index (χ4n) is 3.62. The van der Waals surface area contributed by atoms with Gasteiger partial charge in [0.15, 0.2) is 5.13 Å². The minimum Gasteiger partial charge on any atom is -0.379 e. The van der Waals surface area contributed by atoms with Crippen molar-refractivity contribution in [3.63, 3.8) is 0 Å². The van der Waals surface area contributed by atoms with Gasteiger partial charge in [-0.05, 0) is 44.0 Å². The van der Waals surface area contributed by atoms with Crippen LogP contribution >= 0.6 is 22.9 Å². The van der Waals surface area contributed by atoms with Gasteiger partial charge in [-0.1, -0.05) is 46.7 Å². The fourth-order valence-corrected chi connectivity index (χ4v) is 4.96. The van der Waals surface area contributed by atoms with Gasteiger partial charge in [0.05, 0.1) is 28.5 Å². The molecule has 1 aliphatic rings. The number of rotatable bonds is 6. The standard InChI is InChI=1S/C23H26ClN3O2S/c1-16-4-7-18(8-5-16)22(28)27(11-3-10-26-12-14-29-15-13-26)23-25-20-17(2)6-9-19(24)21(20)30-23/h4-9H,3,10-15H2,1-2H3. The van der Waals surface area contributed by atoms with Crippen LogP contribution in [-0.4, -0.2) is 55.2 Å². The Morgan fingerprint density at radius 1 is 1.17 bits per heavy atom. The van der Waals surface area contributed by atoms with Crippen molar-refractivity contribution in [1.29, 1.82) is 0 Å². The first kappa shape index (κ1) is 21.2. The summed E-state index contributed by atoms with van der Waals surface area (Å²) in [4.78, 5) is 22.4. The van der Waals surface area contributed by atoms with Crippen LogP contribution in [0.25, 0.3) is 10.2 Å². The van der Waals surface area contributed by atoms with Crippen molar-refractivity contribution in [2.24, 2.45) is 0 Å². The minimum atomic E-state index is -0.0233. The highest BCUT2D eigenvalue weighted by molar-refractivity contribution is 7.23. The maximum Gasteiger partial charge on any atom is 0.260 e. The minimum absolute atomic E-state index is 0.0233. The molecule has 2 aromatic carbocycles. The Morgan fingerprint density at radius 3 is 2.60 bits per heavy atom. The number of morpholine rings is 1. The van der Waals surface area contributed by atoms with Crippen molar-refractivity contribution in [2.75, 3.05) is 44.3 Å². The number of carbonyl (C=O) groups excluding carboxylic acids is 1. The molecule has 158 valence electrons. The van der Waals surface area contributed by atoms with Crippen molar-refractivity contribution in [3.8, 4) is 0 Å². The molecular weight excluding hydrogens is 418 g/mol. The molecule has 0 spiro atoms. The molecule has 1 amide bonds. The molecule has 7 heteroatoms. The van der Waals surface area contributed by atoms with Crippen LogP contribution in [0.5, 0.6) is 0 Å². The van der Waals surface area contributed by atoms with E-state index in [2.05, 4.69) is 4.90 Å². The normalized spacial score (nSPS) is 14.9. The van der Waals surface area contributed by atoms with E-state index in [1.807, 2.05) is 55.1 Å². The second-order valence-electron chi connectivity index (χ2n) is 7.67. The molecule has 1 saturated heterocycles. The third-order valence-corrected chi connectivity index (χ3v) is 6.96. The summed E-state index contributed by atoms with van der Waals surface area (Å²) in [5, 5.41) is 1.38. The number of ether oxygens (including phenoxy) is 1. The maximum absolute atomic E-state index is 13.4. The lowest BCUT2D eigenvalue weighted by molar-refractivity contribution is 0.0376. The van der Waals surface area contributed by atoms with Gasteiger partial charge in [-0.3, -0.25) is 14.6 Å².